The minimum atomic E-state index is -0.307. The highest BCUT2D eigenvalue weighted by Gasteiger charge is 2.12. The quantitative estimate of drug-likeness (QED) is 0.250. The third kappa shape index (κ3) is 6.72. The van der Waals surface area contributed by atoms with Crippen LogP contribution >= 0.6 is 23.2 Å². The Morgan fingerprint density at radius 3 is 2.79 bits per heavy atom. The third-order valence-corrected chi connectivity index (χ3v) is 4.11. The summed E-state index contributed by atoms with van der Waals surface area (Å²) in [6.45, 7) is 5.72. The normalized spacial score (nSPS) is 14.6. The molecule has 6 heteroatoms. The Bertz CT molecular complexity index is 922. The summed E-state index contributed by atoms with van der Waals surface area (Å²) in [5.74, 6) is 0.181. The second-order valence-electron chi connectivity index (χ2n) is 5.71. The number of nitrogens with zero attached hydrogens (tertiary/aromatic N) is 1. The van der Waals surface area contributed by atoms with Gasteiger partial charge in [-0.05, 0) is 37.3 Å². The summed E-state index contributed by atoms with van der Waals surface area (Å²) in [6, 6.07) is 3.08. The summed E-state index contributed by atoms with van der Waals surface area (Å²) >= 11 is 11.9. The Morgan fingerprint density at radius 1 is 1.25 bits per heavy atom. The fourth-order valence-electron chi connectivity index (χ4n) is 2.27. The summed E-state index contributed by atoms with van der Waals surface area (Å²) in [4.78, 5) is 16.7. The van der Waals surface area contributed by atoms with E-state index < -0.39 is 0 Å². The summed E-state index contributed by atoms with van der Waals surface area (Å²) in [6.07, 6.45) is 19.2. The average molecular weight is 414 g/mol. The van der Waals surface area contributed by atoms with Crippen LogP contribution in [0.15, 0.2) is 96.7 Å². The van der Waals surface area contributed by atoms with E-state index >= 15 is 0 Å². The molecule has 2 N–H and O–H groups in total. The van der Waals surface area contributed by atoms with E-state index in [4.69, 9.17) is 23.2 Å². The summed E-state index contributed by atoms with van der Waals surface area (Å²) in [5.41, 5.74) is 1.91. The van der Waals surface area contributed by atoms with Crippen molar-refractivity contribution in [1.82, 2.24) is 15.6 Å². The SMILES string of the molecule is C=C/C(=C\C=C/C)N/C(=C/C(=O)c1ccc(Cl)nc1Cl)NC1=CC=CC=CC1. The Labute approximate surface area is 175 Å². The van der Waals surface area contributed by atoms with E-state index in [0.29, 0.717) is 12.2 Å². The molecule has 1 aliphatic carbocycles. The zero-order valence-corrected chi connectivity index (χ0v) is 17.0. The van der Waals surface area contributed by atoms with Gasteiger partial charge in [-0.3, -0.25) is 4.79 Å². The maximum Gasteiger partial charge on any atom is 0.192 e. The Balaban J connectivity index is 2.34. The zero-order valence-electron chi connectivity index (χ0n) is 15.5. The highest BCUT2D eigenvalue weighted by molar-refractivity contribution is 6.35. The van der Waals surface area contributed by atoms with Gasteiger partial charge in [0.1, 0.15) is 16.1 Å². The lowest BCUT2D eigenvalue weighted by molar-refractivity contribution is 0.104. The molecule has 0 aliphatic heterocycles. The van der Waals surface area contributed by atoms with Crippen molar-refractivity contribution in [1.29, 1.82) is 0 Å². The van der Waals surface area contributed by atoms with Crippen molar-refractivity contribution in [2.24, 2.45) is 0 Å². The molecule has 0 bridgehead atoms. The predicted molar refractivity (Wildman–Crippen MR) is 117 cm³/mol. The lowest BCUT2D eigenvalue weighted by Crippen LogP contribution is -2.26. The van der Waals surface area contributed by atoms with Crippen molar-refractivity contribution in [2.45, 2.75) is 13.3 Å². The van der Waals surface area contributed by atoms with Crippen LogP contribution in [0.2, 0.25) is 10.3 Å². The fourth-order valence-corrected chi connectivity index (χ4v) is 2.71. The molecule has 0 amide bonds. The molecule has 4 nitrogen and oxygen atoms in total. The molecule has 1 aromatic heterocycles. The molecule has 1 heterocycles. The van der Waals surface area contributed by atoms with Crippen LogP contribution < -0.4 is 10.6 Å². The smallest absolute Gasteiger partial charge is 0.192 e. The number of ketones is 1. The molecule has 0 atom stereocenters. The van der Waals surface area contributed by atoms with Crippen molar-refractivity contribution in [2.75, 3.05) is 0 Å². The van der Waals surface area contributed by atoms with Crippen LogP contribution in [-0.4, -0.2) is 10.8 Å². The van der Waals surface area contributed by atoms with Gasteiger partial charge in [-0.1, -0.05) is 66.2 Å². The van der Waals surface area contributed by atoms with Crippen LogP contribution in [0.25, 0.3) is 0 Å². The van der Waals surface area contributed by atoms with Gasteiger partial charge in [0.15, 0.2) is 5.78 Å². The maximum atomic E-state index is 12.8. The van der Waals surface area contributed by atoms with E-state index in [9.17, 15) is 4.79 Å². The molecule has 28 heavy (non-hydrogen) atoms. The molecule has 0 unspecified atom stereocenters. The van der Waals surface area contributed by atoms with E-state index in [-0.39, 0.29) is 21.7 Å². The number of allylic oxidation sites excluding steroid dienone is 10. The topological polar surface area (TPSA) is 54.0 Å². The second-order valence-corrected chi connectivity index (χ2v) is 6.45. The van der Waals surface area contributed by atoms with Crippen molar-refractivity contribution >= 4 is 29.0 Å². The van der Waals surface area contributed by atoms with Gasteiger partial charge in [-0.15, -0.1) is 0 Å². The number of halogens is 2. The largest absolute Gasteiger partial charge is 0.345 e. The number of hydrogen-bond acceptors (Lipinski definition) is 4. The van der Waals surface area contributed by atoms with Gasteiger partial charge in [0.2, 0.25) is 0 Å². The van der Waals surface area contributed by atoms with Crippen molar-refractivity contribution in [3.05, 3.63) is 113 Å². The molecule has 2 rings (SSSR count). The van der Waals surface area contributed by atoms with E-state index in [0.717, 1.165) is 11.4 Å². The molecule has 0 fully saturated rings. The number of aromatic nitrogens is 1. The van der Waals surface area contributed by atoms with Crippen LogP contribution in [0.1, 0.15) is 23.7 Å². The van der Waals surface area contributed by atoms with Gasteiger partial charge in [0.25, 0.3) is 0 Å². The van der Waals surface area contributed by atoms with Crippen LogP contribution in [0, 0.1) is 0 Å². The zero-order chi connectivity index (χ0) is 20.4. The number of hydrogen-bond donors (Lipinski definition) is 2. The number of carbonyl (C=O) groups excluding carboxylic acids is 1. The summed E-state index contributed by atoms with van der Waals surface area (Å²) in [5, 5.41) is 6.72. The molecule has 1 aromatic rings. The first-order chi connectivity index (χ1) is 13.5. The standard InChI is InChI=1S/C22H21Cl2N3O/c1-3-5-10-16(4-2)25-21(26-17-11-8-6-7-9-12-17)15-19(28)18-13-14-20(23)27-22(18)24/h3-11,13-15,25-26H,2,12H2,1H3/b5-3-,16-10+,21-15-. The molecule has 0 saturated heterocycles. The van der Waals surface area contributed by atoms with Gasteiger partial charge in [-0.2, -0.15) is 0 Å². The van der Waals surface area contributed by atoms with Gasteiger partial charge in [0.05, 0.1) is 5.56 Å². The molecular formula is C22H21Cl2N3O. The lowest BCUT2D eigenvalue weighted by atomic mass is 10.2. The molecule has 0 aromatic carbocycles. The van der Waals surface area contributed by atoms with Crippen molar-refractivity contribution < 1.29 is 4.79 Å². The molecule has 144 valence electrons. The fraction of sp³-hybridized carbons (Fsp3) is 0.0909. The molecule has 0 spiro atoms. The lowest BCUT2D eigenvalue weighted by Gasteiger charge is -2.16. The average Bonchev–Trinajstić information content (AvgIpc) is 2.93. The first-order valence-electron chi connectivity index (χ1n) is 8.63. The summed E-state index contributed by atoms with van der Waals surface area (Å²) in [7, 11) is 0. The van der Waals surface area contributed by atoms with E-state index in [2.05, 4.69) is 22.2 Å². The van der Waals surface area contributed by atoms with Crippen molar-refractivity contribution in [3.8, 4) is 0 Å². The highest BCUT2D eigenvalue weighted by Crippen LogP contribution is 2.18. The van der Waals surface area contributed by atoms with Crippen LogP contribution in [-0.2, 0) is 0 Å². The predicted octanol–water partition coefficient (Wildman–Crippen LogP) is 5.64. The van der Waals surface area contributed by atoms with E-state index in [1.807, 2.05) is 55.5 Å². The van der Waals surface area contributed by atoms with Crippen LogP contribution in [0.4, 0.5) is 0 Å². The molecule has 1 aliphatic rings. The molecular weight excluding hydrogens is 393 g/mol. The minimum absolute atomic E-state index is 0.0565. The maximum absolute atomic E-state index is 12.8. The van der Waals surface area contributed by atoms with Gasteiger partial charge >= 0.3 is 0 Å². The van der Waals surface area contributed by atoms with Crippen LogP contribution in [0.5, 0.6) is 0 Å². The number of carbonyl (C=O) groups is 1. The number of nitrogens with one attached hydrogen (secondary N) is 2. The van der Waals surface area contributed by atoms with Gasteiger partial charge in [-0.25, -0.2) is 4.98 Å². The van der Waals surface area contributed by atoms with E-state index in [1.165, 1.54) is 12.1 Å². The second kappa shape index (κ2) is 11.1. The first kappa shape index (κ1) is 21.5. The van der Waals surface area contributed by atoms with E-state index in [1.54, 1.807) is 12.1 Å². The molecule has 0 saturated carbocycles. The van der Waals surface area contributed by atoms with Crippen LogP contribution in [0.3, 0.4) is 0 Å². The molecule has 0 radical (unpaired) electrons. The minimum Gasteiger partial charge on any atom is -0.345 e. The monoisotopic (exact) mass is 413 g/mol. The highest BCUT2D eigenvalue weighted by atomic mass is 35.5. The number of rotatable bonds is 8. The third-order valence-electron chi connectivity index (χ3n) is 3.61. The Morgan fingerprint density at radius 2 is 2.07 bits per heavy atom. The van der Waals surface area contributed by atoms with Gasteiger partial charge in [0, 0.05) is 23.9 Å². The van der Waals surface area contributed by atoms with Crippen molar-refractivity contribution in [3.63, 3.8) is 0 Å². The Kier molecular flexibility index (Phi) is 8.53. The summed E-state index contributed by atoms with van der Waals surface area (Å²) < 4.78 is 0. The van der Waals surface area contributed by atoms with Gasteiger partial charge < -0.3 is 10.6 Å². The number of pyridine rings is 1. The Hall–Kier alpha value is -2.82. The first-order valence-corrected chi connectivity index (χ1v) is 9.39.